The Kier molecular flexibility index (Phi) is 7.29. The molecule has 1 unspecified atom stereocenters. The maximum atomic E-state index is 13.0. The number of carbonyl (C=O) groups excluding carboxylic acids is 2. The molecular formula is C23H27F3N2O2. The summed E-state index contributed by atoms with van der Waals surface area (Å²) in [6.07, 6.45) is -4.39. The second-order valence-electron chi connectivity index (χ2n) is 8.11. The lowest BCUT2D eigenvalue weighted by atomic mass is 9.83. The van der Waals surface area contributed by atoms with Gasteiger partial charge in [-0.2, -0.15) is 13.2 Å². The number of hydrogen-bond acceptors (Lipinski definition) is 2. The molecule has 4 nitrogen and oxygen atoms in total. The Balaban J connectivity index is 2.07. The van der Waals surface area contributed by atoms with Gasteiger partial charge in [0, 0.05) is 18.9 Å². The van der Waals surface area contributed by atoms with Crippen LogP contribution in [-0.2, 0) is 21.2 Å². The molecule has 0 aliphatic carbocycles. The second-order valence-corrected chi connectivity index (χ2v) is 8.11. The smallest absolute Gasteiger partial charge is 0.355 e. The van der Waals surface area contributed by atoms with Gasteiger partial charge in [0.05, 0.1) is 18.0 Å². The number of nitrogens with one attached hydrogen (secondary N) is 2. The first-order valence-corrected chi connectivity index (χ1v) is 9.66. The zero-order chi connectivity index (χ0) is 22.5. The highest BCUT2D eigenvalue weighted by atomic mass is 19.4. The minimum atomic E-state index is -4.42. The molecule has 7 heteroatoms. The molecule has 0 saturated carbocycles. The Morgan fingerprint density at radius 2 is 1.60 bits per heavy atom. The van der Waals surface area contributed by atoms with Crippen LogP contribution < -0.4 is 10.6 Å². The summed E-state index contributed by atoms with van der Waals surface area (Å²) in [6.45, 7) is 7.03. The average Bonchev–Trinajstić information content (AvgIpc) is 2.66. The number of rotatable bonds is 7. The Morgan fingerprint density at radius 3 is 2.17 bits per heavy atom. The highest BCUT2D eigenvalue weighted by Gasteiger charge is 2.32. The Bertz CT molecular complexity index is 890. The lowest BCUT2D eigenvalue weighted by Gasteiger charge is -2.27. The molecule has 0 fully saturated rings. The van der Waals surface area contributed by atoms with Crippen molar-refractivity contribution in [3.63, 3.8) is 0 Å². The Hall–Kier alpha value is -2.83. The van der Waals surface area contributed by atoms with Crippen molar-refractivity contribution >= 4 is 11.8 Å². The van der Waals surface area contributed by atoms with E-state index in [0.29, 0.717) is 5.56 Å². The molecule has 30 heavy (non-hydrogen) atoms. The molecule has 0 bridgehead atoms. The van der Waals surface area contributed by atoms with Crippen molar-refractivity contribution in [1.82, 2.24) is 10.6 Å². The van der Waals surface area contributed by atoms with Crippen LogP contribution in [-0.4, -0.2) is 18.4 Å². The molecule has 0 aliphatic rings. The maximum Gasteiger partial charge on any atom is 0.416 e. The molecular weight excluding hydrogens is 393 g/mol. The van der Waals surface area contributed by atoms with E-state index in [9.17, 15) is 22.8 Å². The molecule has 0 radical (unpaired) electrons. The highest BCUT2D eigenvalue weighted by Crippen LogP contribution is 2.32. The minimum Gasteiger partial charge on any atom is -0.355 e. The van der Waals surface area contributed by atoms with Gasteiger partial charge in [-0.25, -0.2) is 0 Å². The number of alkyl halides is 3. The van der Waals surface area contributed by atoms with Crippen LogP contribution in [0.3, 0.4) is 0 Å². The van der Waals surface area contributed by atoms with Crippen LogP contribution in [0.15, 0.2) is 48.5 Å². The monoisotopic (exact) mass is 420 g/mol. The predicted octanol–water partition coefficient (Wildman–Crippen LogP) is 4.68. The fourth-order valence-electron chi connectivity index (χ4n) is 3.09. The molecule has 0 aliphatic heterocycles. The van der Waals surface area contributed by atoms with Crippen LogP contribution in [0.4, 0.5) is 13.2 Å². The van der Waals surface area contributed by atoms with Crippen LogP contribution in [0.1, 0.15) is 55.5 Å². The summed E-state index contributed by atoms with van der Waals surface area (Å²) in [4.78, 5) is 24.1. The van der Waals surface area contributed by atoms with E-state index < -0.39 is 23.2 Å². The lowest BCUT2D eigenvalue weighted by molar-refractivity contribution is -0.137. The normalized spacial score (nSPS) is 12.9. The van der Waals surface area contributed by atoms with Gasteiger partial charge >= 0.3 is 6.18 Å². The summed E-state index contributed by atoms with van der Waals surface area (Å²) in [5, 5.41) is 5.57. The van der Waals surface area contributed by atoms with Crippen LogP contribution in [0, 0.1) is 6.92 Å². The van der Waals surface area contributed by atoms with E-state index in [1.54, 1.807) is 19.9 Å². The standard InChI is InChI=1S/C23H27F3N2O2/c1-15-8-10-17(11-9-15)20(28-16(2)29)13-21(30)27-14-22(3,4)18-6-5-7-19(12-18)23(24,25)26/h5-12,20H,13-14H2,1-4H3,(H,27,30)(H,28,29). The maximum absolute atomic E-state index is 13.0. The fourth-order valence-corrected chi connectivity index (χ4v) is 3.09. The summed E-state index contributed by atoms with van der Waals surface area (Å²) in [5.41, 5.74) is 0.930. The Morgan fingerprint density at radius 1 is 1.00 bits per heavy atom. The first-order valence-electron chi connectivity index (χ1n) is 9.66. The van der Waals surface area contributed by atoms with Crippen molar-refractivity contribution in [3.8, 4) is 0 Å². The predicted molar refractivity (Wildman–Crippen MR) is 110 cm³/mol. The summed E-state index contributed by atoms with van der Waals surface area (Å²) in [5.74, 6) is -0.549. The van der Waals surface area contributed by atoms with E-state index in [0.717, 1.165) is 23.3 Å². The summed E-state index contributed by atoms with van der Waals surface area (Å²) in [7, 11) is 0. The van der Waals surface area contributed by atoms with Crippen molar-refractivity contribution in [1.29, 1.82) is 0 Å². The van der Waals surface area contributed by atoms with Crippen LogP contribution in [0.2, 0.25) is 0 Å². The number of amides is 2. The van der Waals surface area contributed by atoms with Crippen molar-refractivity contribution in [2.75, 3.05) is 6.54 Å². The molecule has 2 amide bonds. The van der Waals surface area contributed by atoms with E-state index in [4.69, 9.17) is 0 Å². The lowest BCUT2D eigenvalue weighted by Crippen LogP contribution is -2.39. The van der Waals surface area contributed by atoms with Gasteiger partial charge in [0.2, 0.25) is 11.8 Å². The molecule has 0 aromatic heterocycles. The molecule has 162 valence electrons. The van der Waals surface area contributed by atoms with Crippen LogP contribution in [0.5, 0.6) is 0 Å². The van der Waals surface area contributed by atoms with Gasteiger partial charge in [0.1, 0.15) is 0 Å². The van der Waals surface area contributed by atoms with Gasteiger partial charge in [-0.3, -0.25) is 9.59 Å². The Labute approximate surface area is 174 Å². The molecule has 0 saturated heterocycles. The molecule has 2 aromatic carbocycles. The first-order chi connectivity index (χ1) is 13.9. The number of hydrogen-bond donors (Lipinski definition) is 2. The zero-order valence-electron chi connectivity index (χ0n) is 17.6. The van der Waals surface area contributed by atoms with Crippen molar-refractivity contribution in [3.05, 3.63) is 70.8 Å². The topological polar surface area (TPSA) is 58.2 Å². The van der Waals surface area contributed by atoms with Crippen molar-refractivity contribution in [2.45, 2.75) is 51.7 Å². The number of carbonyl (C=O) groups is 2. The van der Waals surface area contributed by atoms with Crippen molar-refractivity contribution < 1.29 is 22.8 Å². The third-order valence-electron chi connectivity index (χ3n) is 4.95. The van der Waals surface area contributed by atoms with E-state index in [1.807, 2.05) is 31.2 Å². The van der Waals surface area contributed by atoms with Gasteiger partial charge in [0.15, 0.2) is 0 Å². The van der Waals surface area contributed by atoms with Gasteiger partial charge < -0.3 is 10.6 Å². The first kappa shape index (κ1) is 23.4. The second kappa shape index (κ2) is 9.32. The van der Waals surface area contributed by atoms with Gasteiger partial charge in [-0.1, -0.05) is 61.9 Å². The van der Waals surface area contributed by atoms with E-state index in [2.05, 4.69) is 10.6 Å². The van der Waals surface area contributed by atoms with Gasteiger partial charge in [-0.15, -0.1) is 0 Å². The summed E-state index contributed by atoms with van der Waals surface area (Å²) in [6, 6.07) is 12.2. The number of aryl methyl sites for hydroxylation is 1. The third-order valence-corrected chi connectivity index (χ3v) is 4.95. The van der Waals surface area contributed by atoms with E-state index in [1.165, 1.54) is 13.0 Å². The van der Waals surface area contributed by atoms with Gasteiger partial charge in [0.25, 0.3) is 0 Å². The van der Waals surface area contributed by atoms with Crippen molar-refractivity contribution in [2.24, 2.45) is 0 Å². The van der Waals surface area contributed by atoms with E-state index >= 15 is 0 Å². The van der Waals surface area contributed by atoms with Crippen LogP contribution >= 0.6 is 0 Å². The molecule has 0 spiro atoms. The number of halogens is 3. The molecule has 2 rings (SSSR count). The van der Waals surface area contributed by atoms with Gasteiger partial charge in [-0.05, 0) is 24.1 Å². The SMILES string of the molecule is CC(=O)NC(CC(=O)NCC(C)(C)c1cccc(C(F)(F)F)c1)c1ccc(C)cc1. The number of benzene rings is 2. The third kappa shape index (κ3) is 6.61. The van der Waals surface area contributed by atoms with Crippen LogP contribution in [0.25, 0.3) is 0 Å². The summed E-state index contributed by atoms with van der Waals surface area (Å²) >= 11 is 0. The van der Waals surface area contributed by atoms with E-state index in [-0.39, 0.29) is 24.8 Å². The zero-order valence-corrected chi connectivity index (χ0v) is 17.6. The molecule has 2 N–H and O–H groups in total. The molecule has 1 atom stereocenters. The molecule has 0 heterocycles. The average molecular weight is 420 g/mol. The molecule has 2 aromatic rings. The largest absolute Gasteiger partial charge is 0.416 e. The highest BCUT2D eigenvalue weighted by molar-refractivity contribution is 5.79. The minimum absolute atomic E-state index is 0.0291. The fraction of sp³-hybridized carbons (Fsp3) is 0.391. The quantitative estimate of drug-likeness (QED) is 0.684. The summed E-state index contributed by atoms with van der Waals surface area (Å²) < 4.78 is 39.0.